The summed E-state index contributed by atoms with van der Waals surface area (Å²) in [5, 5.41) is 9.21. The number of aromatic nitrogens is 2. The number of alkyl halides is 3. The molecule has 4 rings (SSSR count). The Morgan fingerprint density at radius 1 is 1.20 bits per heavy atom. The Balaban J connectivity index is 1.35. The molecule has 0 atom stereocenters. The third-order valence-corrected chi connectivity index (χ3v) is 5.14. The maximum atomic E-state index is 12.7. The molecule has 1 aliphatic rings. The van der Waals surface area contributed by atoms with Crippen LogP contribution in [-0.4, -0.2) is 52.7 Å². The predicted molar refractivity (Wildman–Crippen MR) is 101 cm³/mol. The average Bonchev–Trinajstić information content (AvgIpc) is 3.38. The van der Waals surface area contributed by atoms with Gasteiger partial charge in [0, 0.05) is 30.1 Å². The fourth-order valence-electron chi connectivity index (χ4n) is 3.57. The van der Waals surface area contributed by atoms with Gasteiger partial charge in [0.25, 0.3) is 11.8 Å². The van der Waals surface area contributed by atoms with E-state index in [9.17, 15) is 22.8 Å². The summed E-state index contributed by atoms with van der Waals surface area (Å²) in [6, 6.07) is 10.6. The van der Waals surface area contributed by atoms with Crippen molar-refractivity contribution in [3.05, 3.63) is 53.5 Å². The van der Waals surface area contributed by atoms with Crippen LogP contribution in [0, 0.1) is 0 Å². The molecular weight excluding hydrogens is 401 g/mol. The standard InChI is InChI=1S/C20H19F3N4O3/c21-20(22,23)11-24-18(28)15-10-14(25-26-15)12-5-7-27(8-6-12)19(29)17-9-13-3-1-2-4-16(13)30-17/h1-4,9-10,12H,5-8,11H2,(H,24,28)(H,25,26). The van der Waals surface area contributed by atoms with Gasteiger partial charge >= 0.3 is 6.18 Å². The number of nitrogens with zero attached hydrogens (tertiary/aromatic N) is 2. The van der Waals surface area contributed by atoms with Gasteiger partial charge in [0.2, 0.25) is 0 Å². The molecule has 2 N–H and O–H groups in total. The number of fused-ring (bicyclic) bond motifs is 1. The number of hydrogen-bond donors (Lipinski definition) is 2. The summed E-state index contributed by atoms with van der Waals surface area (Å²) in [5.41, 5.74) is 1.24. The number of halogens is 3. The van der Waals surface area contributed by atoms with Crippen LogP contribution in [0.25, 0.3) is 11.0 Å². The molecule has 0 spiro atoms. The molecule has 2 amide bonds. The minimum Gasteiger partial charge on any atom is -0.451 e. The Kier molecular flexibility index (Phi) is 5.23. The van der Waals surface area contributed by atoms with E-state index < -0.39 is 18.6 Å². The quantitative estimate of drug-likeness (QED) is 0.676. The molecule has 1 aromatic carbocycles. The zero-order chi connectivity index (χ0) is 21.3. The molecule has 158 valence electrons. The second-order valence-corrected chi connectivity index (χ2v) is 7.22. The monoisotopic (exact) mass is 420 g/mol. The highest BCUT2D eigenvalue weighted by Crippen LogP contribution is 2.29. The summed E-state index contributed by atoms with van der Waals surface area (Å²) in [6.07, 6.45) is -3.20. The molecule has 1 saturated heterocycles. The predicted octanol–water partition coefficient (Wildman–Crippen LogP) is 3.47. The molecule has 0 aliphatic carbocycles. The summed E-state index contributed by atoms with van der Waals surface area (Å²) >= 11 is 0. The maximum absolute atomic E-state index is 12.7. The van der Waals surface area contributed by atoms with E-state index in [0.717, 1.165) is 5.39 Å². The first-order valence-corrected chi connectivity index (χ1v) is 9.48. The molecule has 2 aromatic heterocycles. The number of piperidine rings is 1. The van der Waals surface area contributed by atoms with Crippen molar-refractivity contribution < 1.29 is 27.2 Å². The maximum Gasteiger partial charge on any atom is 0.405 e. The van der Waals surface area contributed by atoms with Gasteiger partial charge in [-0.1, -0.05) is 18.2 Å². The average molecular weight is 420 g/mol. The SMILES string of the molecule is O=C(NCC(F)(F)F)c1cc(C2CCN(C(=O)c3cc4ccccc4o3)CC2)[nH]n1. The number of benzene rings is 1. The minimum atomic E-state index is -4.48. The van der Waals surface area contributed by atoms with Crippen molar-refractivity contribution in [1.29, 1.82) is 0 Å². The van der Waals surface area contributed by atoms with Crippen LogP contribution in [0.3, 0.4) is 0 Å². The number of aromatic amines is 1. The lowest BCUT2D eigenvalue weighted by Gasteiger charge is -2.30. The van der Waals surface area contributed by atoms with Crippen LogP contribution in [0.1, 0.15) is 45.5 Å². The van der Waals surface area contributed by atoms with Crippen molar-refractivity contribution in [2.75, 3.05) is 19.6 Å². The second-order valence-electron chi connectivity index (χ2n) is 7.22. The molecule has 7 nitrogen and oxygen atoms in total. The molecular formula is C20H19F3N4O3. The first-order valence-electron chi connectivity index (χ1n) is 9.48. The van der Waals surface area contributed by atoms with Gasteiger partial charge in [-0.2, -0.15) is 18.3 Å². The largest absolute Gasteiger partial charge is 0.451 e. The molecule has 0 saturated carbocycles. The topological polar surface area (TPSA) is 91.2 Å². The van der Waals surface area contributed by atoms with Crippen molar-refractivity contribution >= 4 is 22.8 Å². The van der Waals surface area contributed by atoms with E-state index in [0.29, 0.717) is 43.0 Å². The second kappa shape index (κ2) is 7.85. The first kappa shape index (κ1) is 20.0. The van der Waals surface area contributed by atoms with E-state index in [1.807, 2.05) is 18.2 Å². The summed E-state index contributed by atoms with van der Waals surface area (Å²) in [5.74, 6) is -0.741. The molecule has 0 unspecified atom stereocenters. The lowest BCUT2D eigenvalue weighted by Crippen LogP contribution is -2.37. The highest BCUT2D eigenvalue weighted by atomic mass is 19.4. The van der Waals surface area contributed by atoms with Gasteiger partial charge in [0.1, 0.15) is 17.8 Å². The number of para-hydroxylation sites is 1. The van der Waals surface area contributed by atoms with Crippen LogP contribution in [0.15, 0.2) is 40.8 Å². The summed E-state index contributed by atoms with van der Waals surface area (Å²) in [6.45, 7) is -0.416. The molecule has 1 aliphatic heterocycles. The van der Waals surface area contributed by atoms with Crippen LogP contribution in [0.2, 0.25) is 0 Å². The van der Waals surface area contributed by atoms with Crippen LogP contribution >= 0.6 is 0 Å². The van der Waals surface area contributed by atoms with Crippen molar-refractivity contribution in [3.63, 3.8) is 0 Å². The number of carbonyl (C=O) groups excluding carboxylic acids is 2. The lowest BCUT2D eigenvalue weighted by atomic mass is 9.93. The van der Waals surface area contributed by atoms with E-state index in [1.165, 1.54) is 6.07 Å². The van der Waals surface area contributed by atoms with Gasteiger partial charge in [-0.25, -0.2) is 0 Å². The molecule has 3 aromatic rings. The first-order chi connectivity index (χ1) is 14.3. The summed E-state index contributed by atoms with van der Waals surface area (Å²) in [7, 11) is 0. The molecule has 0 bridgehead atoms. The number of likely N-dealkylation sites (tertiary alicyclic amines) is 1. The van der Waals surface area contributed by atoms with Crippen LogP contribution < -0.4 is 5.32 Å². The summed E-state index contributed by atoms with van der Waals surface area (Å²) in [4.78, 5) is 26.2. The molecule has 0 radical (unpaired) electrons. The summed E-state index contributed by atoms with van der Waals surface area (Å²) < 4.78 is 42.3. The molecule has 30 heavy (non-hydrogen) atoms. The number of furan rings is 1. The smallest absolute Gasteiger partial charge is 0.405 e. The highest BCUT2D eigenvalue weighted by Gasteiger charge is 2.30. The zero-order valence-electron chi connectivity index (χ0n) is 15.8. The number of carbonyl (C=O) groups is 2. The molecule has 3 heterocycles. The van der Waals surface area contributed by atoms with Crippen molar-refractivity contribution in [2.45, 2.75) is 24.9 Å². The Labute approximate surface area is 169 Å². The van der Waals surface area contributed by atoms with Crippen molar-refractivity contribution in [1.82, 2.24) is 20.4 Å². The zero-order valence-corrected chi connectivity index (χ0v) is 15.8. The number of amides is 2. The van der Waals surface area contributed by atoms with Gasteiger partial charge < -0.3 is 14.6 Å². The van der Waals surface area contributed by atoms with Gasteiger partial charge in [0.15, 0.2) is 5.76 Å². The van der Waals surface area contributed by atoms with Gasteiger partial charge in [-0.15, -0.1) is 0 Å². The lowest BCUT2D eigenvalue weighted by molar-refractivity contribution is -0.123. The third-order valence-electron chi connectivity index (χ3n) is 5.14. The van der Waals surface area contributed by atoms with Gasteiger partial charge in [-0.3, -0.25) is 14.7 Å². The Morgan fingerprint density at radius 3 is 2.63 bits per heavy atom. The van der Waals surface area contributed by atoms with Crippen LogP contribution in [0.4, 0.5) is 13.2 Å². The Bertz CT molecular complexity index is 1030. The molecule has 1 fully saturated rings. The fourth-order valence-corrected chi connectivity index (χ4v) is 3.57. The van der Waals surface area contributed by atoms with Gasteiger partial charge in [0.05, 0.1) is 0 Å². The molecule has 10 heteroatoms. The van der Waals surface area contributed by atoms with E-state index in [2.05, 4.69) is 10.2 Å². The Morgan fingerprint density at radius 2 is 1.93 bits per heavy atom. The number of hydrogen-bond acceptors (Lipinski definition) is 4. The number of rotatable bonds is 4. The van der Waals surface area contributed by atoms with Crippen molar-refractivity contribution in [2.24, 2.45) is 0 Å². The third kappa shape index (κ3) is 4.32. The van der Waals surface area contributed by atoms with E-state index in [1.54, 1.807) is 22.3 Å². The van der Waals surface area contributed by atoms with E-state index in [-0.39, 0.29) is 17.5 Å². The Hall–Kier alpha value is -3.30. The van der Waals surface area contributed by atoms with Crippen molar-refractivity contribution in [3.8, 4) is 0 Å². The van der Waals surface area contributed by atoms with E-state index >= 15 is 0 Å². The highest BCUT2D eigenvalue weighted by molar-refractivity contribution is 5.96. The van der Waals surface area contributed by atoms with E-state index in [4.69, 9.17) is 4.42 Å². The minimum absolute atomic E-state index is 0.0291. The fraction of sp³-hybridized carbons (Fsp3) is 0.350. The van der Waals surface area contributed by atoms with Crippen LogP contribution in [0.5, 0.6) is 0 Å². The van der Waals surface area contributed by atoms with Gasteiger partial charge in [-0.05, 0) is 31.0 Å². The number of H-pyrrole nitrogens is 1. The number of nitrogens with one attached hydrogen (secondary N) is 2. The van der Waals surface area contributed by atoms with Crippen LogP contribution in [-0.2, 0) is 0 Å². The normalized spacial score (nSPS) is 15.5.